The van der Waals surface area contributed by atoms with E-state index in [2.05, 4.69) is 62.6 Å². The van der Waals surface area contributed by atoms with Crippen molar-refractivity contribution in [1.29, 1.82) is 0 Å². The van der Waals surface area contributed by atoms with Crippen LogP contribution < -0.4 is 15.4 Å². The van der Waals surface area contributed by atoms with Crippen LogP contribution in [-0.2, 0) is 12.8 Å². The van der Waals surface area contributed by atoms with Crippen molar-refractivity contribution in [2.24, 2.45) is 5.41 Å². The van der Waals surface area contributed by atoms with E-state index in [1.165, 1.54) is 47.7 Å². The molecule has 1 aliphatic carbocycles. The van der Waals surface area contributed by atoms with Crippen LogP contribution in [0.15, 0.2) is 48.7 Å². The van der Waals surface area contributed by atoms with Gasteiger partial charge in [-0.1, -0.05) is 30.3 Å². The zero-order chi connectivity index (χ0) is 22.5. The summed E-state index contributed by atoms with van der Waals surface area (Å²) in [6.07, 6.45) is 11.4. The maximum absolute atomic E-state index is 6.48. The Kier molecular flexibility index (Phi) is 4.90. The molecule has 1 aromatic carbocycles. The van der Waals surface area contributed by atoms with Gasteiger partial charge in [-0.3, -0.25) is 0 Å². The van der Waals surface area contributed by atoms with Crippen LogP contribution in [0.5, 0.6) is 5.88 Å². The van der Waals surface area contributed by atoms with E-state index in [1.807, 2.05) is 6.20 Å². The molecule has 0 radical (unpaired) electrons. The van der Waals surface area contributed by atoms with Crippen LogP contribution in [0, 0.1) is 5.41 Å². The highest BCUT2D eigenvalue weighted by Gasteiger charge is 2.49. The molecule has 6 nitrogen and oxygen atoms in total. The Morgan fingerprint density at radius 1 is 1.00 bits per heavy atom. The lowest BCUT2D eigenvalue weighted by molar-refractivity contribution is -0.0627. The molecule has 2 aromatic heterocycles. The van der Waals surface area contributed by atoms with E-state index in [0.29, 0.717) is 17.6 Å². The Bertz CT molecular complexity index is 1180. The zero-order valence-corrected chi connectivity index (χ0v) is 19.7. The number of anilines is 1. The third kappa shape index (κ3) is 3.34. The number of aryl methyl sites for hydroxylation is 2. The summed E-state index contributed by atoms with van der Waals surface area (Å²) in [5, 5.41) is 7.45. The van der Waals surface area contributed by atoms with Crippen LogP contribution in [0.2, 0.25) is 0 Å². The van der Waals surface area contributed by atoms with E-state index >= 15 is 0 Å². The molecule has 1 saturated heterocycles. The highest BCUT2D eigenvalue weighted by molar-refractivity contribution is 5.51. The van der Waals surface area contributed by atoms with Crippen LogP contribution >= 0.6 is 0 Å². The standard InChI is InChI=1S/C28H33N5O/c1-2-5-19(6-3-1)23-9-10-25-31-22-8-7-21(32-27(22)33(23)25)20-12-16-30-26(17-20)34-24-11-14-28(24)13-4-15-29-18-28/h1-3,5-6,12,16-17,21,23-24,29,32H,4,7-11,13-15,18H2/t21?,23-,24?,28?/m1/s1. The normalized spacial score (nSPS) is 29.7. The average Bonchev–Trinajstić information content (AvgIpc) is 3.47. The first-order valence-corrected chi connectivity index (χ1v) is 13.0. The summed E-state index contributed by atoms with van der Waals surface area (Å²) in [6, 6.07) is 15.8. The number of nitrogens with zero attached hydrogens (tertiary/aromatic N) is 3. The van der Waals surface area contributed by atoms with Gasteiger partial charge in [-0.2, -0.15) is 0 Å². The fraction of sp³-hybridized carbons (Fsp3) is 0.500. The number of benzene rings is 1. The molecule has 4 atom stereocenters. The first-order chi connectivity index (χ1) is 16.8. The van der Waals surface area contributed by atoms with Gasteiger partial charge in [0.2, 0.25) is 5.88 Å². The largest absolute Gasteiger partial charge is 0.474 e. The SMILES string of the molecule is c1ccc([C@H]2CCc3nc4c(n32)NC(c2ccnc(OC3CCC35CCCNC5)c2)CC4)cc1. The number of rotatable bonds is 4. The van der Waals surface area contributed by atoms with Crippen LogP contribution in [0.4, 0.5) is 5.82 Å². The molecule has 2 fully saturated rings. The second kappa shape index (κ2) is 8.12. The number of nitrogens with one attached hydrogen (secondary N) is 2. The predicted octanol–water partition coefficient (Wildman–Crippen LogP) is 4.82. The van der Waals surface area contributed by atoms with Gasteiger partial charge in [-0.15, -0.1) is 0 Å². The fourth-order valence-electron chi connectivity index (χ4n) is 6.71. The van der Waals surface area contributed by atoms with Gasteiger partial charge >= 0.3 is 0 Å². The van der Waals surface area contributed by atoms with Crippen molar-refractivity contribution >= 4 is 5.82 Å². The summed E-state index contributed by atoms with van der Waals surface area (Å²) in [4.78, 5) is 9.61. The van der Waals surface area contributed by atoms with Crippen LogP contribution in [0.1, 0.15) is 73.3 Å². The van der Waals surface area contributed by atoms with E-state index < -0.39 is 0 Å². The molecule has 7 rings (SSSR count). The number of imidazole rings is 1. The van der Waals surface area contributed by atoms with Gasteiger partial charge in [0.15, 0.2) is 0 Å². The lowest BCUT2D eigenvalue weighted by Crippen LogP contribution is -2.56. The van der Waals surface area contributed by atoms with Crippen molar-refractivity contribution in [1.82, 2.24) is 19.9 Å². The van der Waals surface area contributed by atoms with E-state index in [9.17, 15) is 0 Å². The molecule has 176 valence electrons. The minimum atomic E-state index is 0.252. The Hall–Kier alpha value is -2.86. The number of hydrogen-bond donors (Lipinski definition) is 2. The maximum Gasteiger partial charge on any atom is 0.213 e. The molecule has 0 bridgehead atoms. The molecule has 4 aliphatic rings. The molecule has 3 aromatic rings. The summed E-state index contributed by atoms with van der Waals surface area (Å²) in [7, 11) is 0. The third-order valence-electron chi connectivity index (χ3n) is 8.69. The Balaban J connectivity index is 1.12. The summed E-state index contributed by atoms with van der Waals surface area (Å²) < 4.78 is 8.94. The Morgan fingerprint density at radius 3 is 2.76 bits per heavy atom. The second-order valence-electron chi connectivity index (χ2n) is 10.6. The zero-order valence-electron chi connectivity index (χ0n) is 19.7. The minimum Gasteiger partial charge on any atom is -0.474 e. The summed E-state index contributed by atoms with van der Waals surface area (Å²) in [5.41, 5.74) is 4.17. The minimum absolute atomic E-state index is 0.252. The lowest BCUT2D eigenvalue weighted by Gasteiger charge is -2.51. The smallest absolute Gasteiger partial charge is 0.213 e. The van der Waals surface area contributed by atoms with Gasteiger partial charge in [0.25, 0.3) is 0 Å². The first-order valence-electron chi connectivity index (χ1n) is 13.0. The quantitative estimate of drug-likeness (QED) is 0.590. The van der Waals surface area contributed by atoms with Gasteiger partial charge in [-0.25, -0.2) is 9.97 Å². The molecule has 1 spiro atoms. The van der Waals surface area contributed by atoms with Crippen molar-refractivity contribution in [3.05, 3.63) is 71.3 Å². The molecule has 34 heavy (non-hydrogen) atoms. The molecule has 2 N–H and O–H groups in total. The summed E-state index contributed by atoms with van der Waals surface area (Å²) >= 11 is 0. The van der Waals surface area contributed by atoms with Crippen molar-refractivity contribution in [2.45, 2.75) is 69.6 Å². The second-order valence-corrected chi connectivity index (χ2v) is 10.6. The van der Waals surface area contributed by atoms with Crippen molar-refractivity contribution in [2.75, 3.05) is 18.4 Å². The topological polar surface area (TPSA) is 64.0 Å². The van der Waals surface area contributed by atoms with E-state index in [-0.39, 0.29) is 6.04 Å². The number of piperidine rings is 1. The first kappa shape index (κ1) is 20.5. The summed E-state index contributed by atoms with van der Waals surface area (Å²) in [5.74, 6) is 3.21. The van der Waals surface area contributed by atoms with Gasteiger partial charge in [-0.05, 0) is 68.7 Å². The van der Waals surface area contributed by atoms with Crippen molar-refractivity contribution in [3.8, 4) is 5.88 Å². The molecule has 6 heteroatoms. The molecule has 3 aliphatic heterocycles. The number of pyridine rings is 1. The Morgan fingerprint density at radius 2 is 1.94 bits per heavy atom. The van der Waals surface area contributed by atoms with E-state index in [4.69, 9.17) is 9.72 Å². The number of fused-ring (bicyclic) bond motifs is 3. The van der Waals surface area contributed by atoms with Crippen LogP contribution in [0.25, 0.3) is 0 Å². The molecule has 3 unspecified atom stereocenters. The van der Waals surface area contributed by atoms with Gasteiger partial charge in [0.1, 0.15) is 17.7 Å². The predicted molar refractivity (Wildman–Crippen MR) is 132 cm³/mol. The maximum atomic E-state index is 6.48. The van der Waals surface area contributed by atoms with Crippen LogP contribution in [-0.4, -0.2) is 33.7 Å². The summed E-state index contributed by atoms with van der Waals surface area (Å²) in [6.45, 7) is 2.22. The van der Waals surface area contributed by atoms with Gasteiger partial charge in [0, 0.05) is 30.6 Å². The van der Waals surface area contributed by atoms with Crippen molar-refractivity contribution in [3.63, 3.8) is 0 Å². The van der Waals surface area contributed by atoms with Gasteiger partial charge < -0.3 is 19.9 Å². The van der Waals surface area contributed by atoms with Crippen molar-refractivity contribution < 1.29 is 4.74 Å². The average molecular weight is 456 g/mol. The number of hydrogen-bond acceptors (Lipinski definition) is 5. The van der Waals surface area contributed by atoms with Gasteiger partial charge in [0.05, 0.1) is 17.8 Å². The fourth-order valence-corrected chi connectivity index (χ4v) is 6.71. The third-order valence-corrected chi connectivity index (χ3v) is 8.69. The molecule has 1 saturated carbocycles. The van der Waals surface area contributed by atoms with Crippen LogP contribution in [0.3, 0.4) is 0 Å². The Labute approximate surface area is 201 Å². The van der Waals surface area contributed by atoms with E-state index in [1.54, 1.807) is 0 Å². The lowest BCUT2D eigenvalue weighted by atomic mass is 9.62. The molecule has 5 heterocycles. The molecule has 0 amide bonds. The highest BCUT2D eigenvalue weighted by atomic mass is 16.5. The monoisotopic (exact) mass is 455 g/mol. The van der Waals surface area contributed by atoms with E-state index in [0.717, 1.165) is 51.1 Å². The highest BCUT2D eigenvalue weighted by Crippen LogP contribution is 2.48. The molecular formula is C28H33N5O. The number of ether oxygens (including phenoxy) is 1. The molecular weight excluding hydrogens is 422 g/mol. The number of aromatic nitrogens is 3.